The van der Waals surface area contributed by atoms with Gasteiger partial charge in [0.15, 0.2) is 0 Å². The zero-order chi connectivity index (χ0) is 11.5. The Kier molecular flexibility index (Phi) is 3.44. The van der Waals surface area contributed by atoms with Crippen LogP contribution in [0.25, 0.3) is 0 Å². The van der Waals surface area contributed by atoms with Crippen molar-refractivity contribution in [3.63, 3.8) is 0 Å². The van der Waals surface area contributed by atoms with Crippen LogP contribution >= 0.6 is 0 Å². The number of aromatic nitrogens is 1. The van der Waals surface area contributed by atoms with Crippen LogP contribution in [0.3, 0.4) is 0 Å². The number of anilines is 1. The molecule has 16 heavy (non-hydrogen) atoms. The summed E-state index contributed by atoms with van der Waals surface area (Å²) < 4.78 is 0. The molecule has 0 aliphatic carbocycles. The lowest BCUT2D eigenvalue weighted by Crippen LogP contribution is -2.23. The zero-order valence-electron chi connectivity index (χ0n) is 10.1. The molecule has 1 atom stereocenters. The molecule has 1 unspecified atom stereocenters. The fraction of sp³-hybridized carbons (Fsp3) is 0.615. The van der Waals surface area contributed by atoms with Gasteiger partial charge in [0, 0.05) is 24.8 Å². The topological polar surface area (TPSA) is 36.4 Å². The van der Waals surface area contributed by atoms with Gasteiger partial charge in [0.2, 0.25) is 0 Å². The van der Waals surface area contributed by atoms with Crippen molar-refractivity contribution in [2.45, 2.75) is 26.9 Å². The summed E-state index contributed by atoms with van der Waals surface area (Å²) in [5.41, 5.74) is 0.937. The van der Waals surface area contributed by atoms with Gasteiger partial charge in [0.1, 0.15) is 5.82 Å². The van der Waals surface area contributed by atoms with E-state index < -0.39 is 0 Å². The molecular formula is C13H20N2O. The number of pyridine rings is 1. The number of hydrogen-bond donors (Lipinski definition) is 1. The molecule has 0 bridgehead atoms. The highest BCUT2D eigenvalue weighted by Crippen LogP contribution is 2.28. The minimum absolute atomic E-state index is 0.0754. The van der Waals surface area contributed by atoms with E-state index >= 15 is 0 Å². The Morgan fingerprint density at radius 1 is 1.56 bits per heavy atom. The molecule has 1 aromatic heterocycles. The first-order valence-corrected chi connectivity index (χ1v) is 6.02. The van der Waals surface area contributed by atoms with Gasteiger partial charge in [0.25, 0.3) is 0 Å². The van der Waals surface area contributed by atoms with Gasteiger partial charge < -0.3 is 10.0 Å². The van der Waals surface area contributed by atoms with Gasteiger partial charge in [-0.2, -0.15) is 0 Å². The third-order valence-electron chi connectivity index (χ3n) is 3.50. The maximum atomic E-state index is 9.29. The number of rotatable bonds is 3. The van der Waals surface area contributed by atoms with E-state index in [0.717, 1.165) is 36.3 Å². The Hall–Kier alpha value is -1.09. The van der Waals surface area contributed by atoms with Crippen LogP contribution in [0.2, 0.25) is 0 Å². The van der Waals surface area contributed by atoms with Crippen LogP contribution in [0.4, 0.5) is 5.82 Å². The highest BCUT2D eigenvalue weighted by molar-refractivity contribution is 5.47. The lowest BCUT2D eigenvalue weighted by Gasteiger charge is -2.21. The first-order valence-electron chi connectivity index (χ1n) is 6.02. The predicted molar refractivity (Wildman–Crippen MR) is 65.3 cm³/mol. The Balaban J connectivity index is 2.14. The van der Waals surface area contributed by atoms with Crippen LogP contribution in [0.1, 0.15) is 25.8 Å². The molecule has 1 fully saturated rings. The SMILES string of the molecule is CC(C)C1CCN(c2ncccc2CO)C1. The summed E-state index contributed by atoms with van der Waals surface area (Å²) in [6, 6.07) is 3.83. The number of aliphatic hydroxyl groups is 1. The quantitative estimate of drug-likeness (QED) is 0.847. The molecule has 0 aromatic carbocycles. The van der Waals surface area contributed by atoms with Gasteiger partial charge in [-0.05, 0) is 24.3 Å². The van der Waals surface area contributed by atoms with Gasteiger partial charge in [-0.3, -0.25) is 0 Å². The smallest absolute Gasteiger partial charge is 0.134 e. The Morgan fingerprint density at radius 3 is 3.00 bits per heavy atom. The van der Waals surface area contributed by atoms with E-state index in [1.54, 1.807) is 6.20 Å². The van der Waals surface area contributed by atoms with E-state index in [1.807, 2.05) is 12.1 Å². The normalized spacial score (nSPS) is 20.8. The van der Waals surface area contributed by atoms with Crippen LogP contribution in [-0.4, -0.2) is 23.2 Å². The largest absolute Gasteiger partial charge is 0.392 e. The summed E-state index contributed by atoms with van der Waals surface area (Å²) in [7, 11) is 0. The molecular weight excluding hydrogens is 200 g/mol. The summed E-state index contributed by atoms with van der Waals surface area (Å²) in [5, 5.41) is 9.29. The van der Waals surface area contributed by atoms with Crippen molar-refractivity contribution in [3.05, 3.63) is 23.9 Å². The minimum Gasteiger partial charge on any atom is -0.392 e. The van der Waals surface area contributed by atoms with E-state index in [0.29, 0.717) is 0 Å². The lowest BCUT2D eigenvalue weighted by atomic mass is 9.95. The van der Waals surface area contributed by atoms with Gasteiger partial charge in [0.05, 0.1) is 6.61 Å². The minimum atomic E-state index is 0.0754. The Labute approximate surface area is 97.1 Å². The highest BCUT2D eigenvalue weighted by atomic mass is 16.3. The standard InChI is InChI=1S/C13H20N2O/c1-10(2)11-5-7-15(8-11)13-12(9-16)4-3-6-14-13/h3-4,6,10-11,16H,5,7-9H2,1-2H3. The lowest BCUT2D eigenvalue weighted by molar-refractivity contribution is 0.281. The molecule has 1 aromatic rings. The van der Waals surface area contributed by atoms with Crippen molar-refractivity contribution in [3.8, 4) is 0 Å². The van der Waals surface area contributed by atoms with Gasteiger partial charge in [-0.25, -0.2) is 4.98 Å². The van der Waals surface area contributed by atoms with E-state index in [4.69, 9.17) is 0 Å². The van der Waals surface area contributed by atoms with E-state index in [-0.39, 0.29) is 6.61 Å². The second-order valence-corrected chi connectivity index (χ2v) is 4.88. The highest BCUT2D eigenvalue weighted by Gasteiger charge is 2.26. The average molecular weight is 220 g/mol. The molecule has 3 nitrogen and oxygen atoms in total. The summed E-state index contributed by atoms with van der Waals surface area (Å²) in [6.45, 7) is 6.76. The molecule has 3 heteroatoms. The molecule has 0 amide bonds. The third-order valence-corrected chi connectivity index (χ3v) is 3.50. The molecule has 1 aliphatic rings. The summed E-state index contributed by atoms with van der Waals surface area (Å²) in [5.74, 6) is 2.45. The van der Waals surface area contributed by atoms with Crippen LogP contribution in [-0.2, 0) is 6.61 Å². The van der Waals surface area contributed by atoms with E-state index in [9.17, 15) is 5.11 Å². The summed E-state index contributed by atoms with van der Waals surface area (Å²) >= 11 is 0. The molecule has 88 valence electrons. The first-order chi connectivity index (χ1) is 7.72. The second-order valence-electron chi connectivity index (χ2n) is 4.88. The number of nitrogens with zero attached hydrogens (tertiary/aromatic N) is 2. The molecule has 0 spiro atoms. The fourth-order valence-corrected chi connectivity index (χ4v) is 2.36. The molecule has 1 N–H and O–H groups in total. The van der Waals surface area contributed by atoms with E-state index in [2.05, 4.69) is 23.7 Å². The Bertz CT molecular complexity index is 352. The van der Waals surface area contributed by atoms with Gasteiger partial charge in [-0.15, -0.1) is 0 Å². The molecule has 0 saturated carbocycles. The predicted octanol–water partition coefficient (Wildman–Crippen LogP) is 2.06. The molecule has 1 saturated heterocycles. The maximum Gasteiger partial charge on any atom is 0.134 e. The van der Waals surface area contributed by atoms with Crippen LogP contribution in [0, 0.1) is 11.8 Å². The van der Waals surface area contributed by atoms with Crippen molar-refractivity contribution in [2.75, 3.05) is 18.0 Å². The maximum absolute atomic E-state index is 9.29. The van der Waals surface area contributed by atoms with Crippen LogP contribution in [0.5, 0.6) is 0 Å². The van der Waals surface area contributed by atoms with Gasteiger partial charge in [-0.1, -0.05) is 19.9 Å². The van der Waals surface area contributed by atoms with Crippen molar-refractivity contribution < 1.29 is 5.11 Å². The number of hydrogen-bond acceptors (Lipinski definition) is 3. The van der Waals surface area contributed by atoms with Crippen LogP contribution in [0.15, 0.2) is 18.3 Å². The monoisotopic (exact) mass is 220 g/mol. The molecule has 2 heterocycles. The third kappa shape index (κ3) is 2.19. The molecule has 2 rings (SSSR count). The van der Waals surface area contributed by atoms with Crippen LogP contribution < -0.4 is 4.90 Å². The number of aliphatic hydroxyl groups excluding tert-OH is 1. The fourth-order valence-electron chi connectivity index (χ4n) is 2.36. The van der Waals surface area contributed by atoms with Gasteiger partial charge >= 0.3 is 0 Å². The first kappa shape index (κ1) is 11.4. The zero-order valence-corrected chi connectivity index (χ0v) is 10.1. The van der Waals surface area contributed by atoms with E-state index in [1.165, 1.54) is 6.42 Å². The van der Waals surface area contributed by atoms with Crippen molar-refractivity contribution >= 4 is 5.82 Å². The van der Waals surface area contributed by atoms with Crippen molar-refractivity contribution in [1.82, 2.24) is 4.98 Å². The van der Waals surface area contributed by atoms with Crippen molar-refractivity contribution in [2.24, 2.45) is 11.8 Å². The van der Waals surface area contributed by atoms with Crippen molar-refractivity contribution in [1.29, 1.82) is 0 Å². The second kappa shape index (κ2) is 4.83. The average Bonchev–Trinajstić information content (AvgIpc) is 2.78. The molecule has 0 radical (unpaired) electrons. The summed E-state index contributed by atoms with van der Waals surface area (Å²) in [4.78, 5) is 6.69. The Morgan fingerprint density at radius 2 is 2.38 bits per heavy atom. The summed E-state index contributed by atoms with van der Waals surface area (Å²) in [6.07, 6.45) is 3.04. The molecule has 1 aliphatic heterocycles.